The summed E-state index contributed by atoms with van der Waals surface area (Å²) in [5.74, 6) is 0.644. The Kier molecular flexibility index (Phi) is 8.29. The smallest absolute Gasteiger partial charge is 0.260 e. The van der Waals surface area contributed by atoms with Crippen LogP contribution in [0.1, 0.15) is 42.1 Å². The second-order valence-electron chi connectivity index (χ2n) is 7.91. The molecule has 0 bridgehead atoms. The highest BCUT2D eigenvalue weighted by Gasteiger charge is 2.22. The second-order valence-corrected chi connectivity index (χ2v) is 9.35. The Hall–Kier alpha value is -2.15. The number of benzene rings is 2. The summed E-state index contributed by atoms with van der Waals surface area (Å²) in [6.45, 7) is 6.09. The summed E-state index contributed by atoms with van der Waals surface area (Å²) in [6, 6.07) is 11.2. The molecule has 0 aliphatic rings. The molecule has 1 aromatic heterocycles. The first-order chi connectivity index (χ1) is 14.9. The number of anilines is 1. The molecule has 0 aliphatic heterocycles. The lowest BCUT2D eigenvalue weighted by Crippen LogP contribution is -2.36. The van der Waals surface area contributed by atoms with E-state index in [2.05, 4.69) is 11.8 Å². The Morgan fingerprint density at radius 1 is 1.16 bits per heavy atom. The Labute approximate surface area is 193 Å². The third-order valence-corrected chi connectivity index (χ3v) is 6.23. The van der Waals surface area contributed by atoms with Crippen molar-refractivity contribution in [3.63, 3.8) is 0 Å². The number of carbonyl (C=O) groups excluding carboxylic acids is 1. The average molecular weight is 460 g/mol. The molecular formula is C24H30ClN3O2S. The van der Waals surface area contributed by atoms with Crippen molar-refractivity contribution in [3.8, 4) is 5.75 Å². The van der Waals surface area contributed by atoms with E-state index in [4.69, 9.17) is 21.3 Å². The maximum atomic E-state index is 13.5. The van der Waals surface area contributed by atoms with Crippen molar-refractivity contribution in [3.05, 3.63) is 52.5 Å². The van der Waals surface area contributed by atoms with Crippen LogP contribution in [0.2, 0.25) is 5.02 Å². The highest BCUT2D eigenvalue weighted by atomic mass is 35.5. The predicted molar refractivity (Wildman–Crippen MR) is 131 cm³/mol. The number of aryl methyl sites for hydroxylation is 1. The first-order valence-corrected chi connectivity index (χ1v) is 11.8. The largest absolute Gasteiger partial charge is 0.494 e. The number of fused-ring (bicyclic) bond motifs is 1. The van der Waals surface area contributed by atoms with Gasteiger partial charge in [0.1, 0.15) is 5.75 Å². The first-order valence-electron chi connectivity index (χ1n) is 10.6. The van der Waals surface area contributed by atoms with Crippen LogP contribution in [0.15, 0.2) is 36.4 Å². The Morgan fingerprint density at radius 3 is 2.71 bits per heavy atom. The zero-order chi connectivity index (χ0) is 22.4. The van der Waals surface area contributed by atoms with Gasteiger partial charge in [-0.1, -0.05) is 48.8 Å². The van der Waals surface area contributed by atoms with Gasteiger partial charge >= 0.3 is 0 Å². The molecule has 1 heterocycles. The van der Waals surface area contributed by atoms with Crippen molar-refractivity contribution < 1.29 is 9.53 Å². The van der Waals surface area contributed by atoms with E-state index in [0.717, 1.165) is 47.3 Å². The molecule has 0 saturated carbocycles. The summed E-state index contributed by atoms with van der Waals surface area (Å²) in [5, 5.41) is 1.36. The van der Waals surface area contributed by atoms with Gasteiger partial charge in [0, 0.05) is 23.7 Å². The summed E-state index contributed by atoms with van der Waals surface area (Å²) < 4.78 is 6.83. The lowest BCUT2D eigenvalue weighted by molar-refractivity contribution is 0.0984. The molecule has 0 unspecified atom stereocenters. The zero-order valence-electron chi connectivity index (χ0n) is 18.7. The molecule has 0 spiro atoms. The van der Waals surface area contributed by atoms with Gasteiger partial charge in [0.05, 0.1) is 16.8 Å². The molecule has 3 rings (SSSR count). The zero-order valence-corrected chi connectivity index (χ0v) is 20.2. The van der Waals surface area contributed by atoms with Crippen molar-refractivity contribution in [1.29, 1.82) is 0 Å². The van der Waals surface area contributed by atoms with Gasteiger partial charge in [-0.05, 0) is 63.3 Å². The van der Waals surface area contributed by atoms with E-state index in [1.165, 1.54) is 11.3 Å². The normalized spacial score (nSPS) is 11.3. The number of aromatic nitrogens is 1. The molecule has 0 radical (unpaired) electrons. The minimum absolute atomic E-state index is 0.0799. The number of likely N-dealkylation sites (N-methyl/N-ethyl adjacent to an activating group) is 1. The van der Waals surface area contributed by atoms with E-state index in [1.807, 2.05) is 57.4 Å². The molecule has 7 heteroatoms. The molecule has 0 N–H and O–H groups in total. The summed E-state index contributed by atoms with van der Waals surface area (Å²) in [5.41, 5.74) is 2.49. The van der Waals surface area contributed by atoms with Crippen molar-refractivity contribution in [1.82, 2.24) is 9.88 Å². The molecule has 2 aromatic carbocycles. The van der Waals surface area contributed by atoms with Gasteiger partial charge in [0.2, 0.25) is 0 Å². The van der Waals surface area contributed by atoms with Crippen LogP contribution in [0.25, 0.3) is 10.2 Å². The van der Waals surface area contributed by atoms with E-state index in [0.29, 0.717) is 28.9 Å². The van der Waals surface area contributed by atoms with Crippen LogP contribution in [-0.4, -0.2) is 49.6 Å². The maximum absolute atomic E-state index is 13.5. The third kappa shape index (κ3) is 6.19. The number of hydrogen-bond acceptors (Lipinski definition) is 5. The van der Waals surface area contributed by atoms with Crippen molar-refractivity contribution in [2.45, 2.75) is 33.1 Å². The molecule has 5 nitrogen and oxygen atoms in total. The Balaban J connectivity index is 1.88. The van der Waals surface area contributed by atoms with Gasteiger partial charge in [-0.15, -0.1) is 0 Å². The van der Waals surface area contributed by atoms with E-state index in [-0.39, 0.29) is 5.91 Å². The van der Waals surface area contributed by atoms with Gasteiger partial charge in [0.15, 0.2) is 5.13 Å². The monoisotopic (exact) mass is 459 g/mol. The fourth-order valence-electron chi connectivity index (χ4n) is 3.26. The topological polar surface area (TPSA) is 45.7 Å². The number of halogens is 1. The molecule has 1 amide bonds. The highest BCUT2D eigenvalue weighted by molar-refractivity contribution is 7.22. The number of ether oxygens (including phenoxy) is 1. The number of thiazole rings is 1. The fraction of sp³-hybridized carbons (Fsp3) is 0.417. The first kappa shape index (κ1) is 23.5. The van der Waals surface area contributed by atoms with Gasteiger partial charge in [0.25, 0.3) is 5.91 Å². The maximum Gasteiger partial charge on any atom is 0.260 e. The second kappa shape index (κ2) is 10.9. The van der Waals surface area contributed by atoms with Gasteiger partial charge in [-0.3, -0.25) is 9.69 Å². The van der Waals surface area contributed by atoms with Crippen LogP contribution in [0.4, 0.5) is 5.13 Å². The molecule has 166 valence electrons. The fourth-order valence-corrected chi connectivity index (χ4v) is 4.70. The van der Waals surface area contributed by atoms with Gasteiger partial charge in [-0.2, -0.15) is 0 Å². The van der Waals surface area contributed by atoms with Gasteiger partial charge < -0.3 is 9.64 Å². The van der Waals surface area contributed by atoms with Crippen molar-refractivity contribution in [2.75, 3.05) is 38.7 Å². The van der Waals surface area contributed by atoms with E-state index < -0.39 is 0 Å². The summed E-state index contributed by atoms with van der Waals surface area (Å²) in [6.07, 6.45) is 3.30. The number of rotatable bonds is 10. The minimum Gasteiger partial charge on any atom is -0.494 e. The average Bonchev–Trinajstić information content (AvgIpc) is 3.15. The van der Waals surface area contributed by atoms with Crippen LogP contribution in [0.3, 0.4) is 0 Å². The predicted octanol–water partition coefficient (Wildman–Crippen LogP) is 6.04. The summed E-state index contributed by atoms with van der Waals surface area (Å²) in [7, 11) is 3.99. The van der Waals surface area contributed by atoms with Crippen LogP contribution >= 0.6 is 22.9 Å². The van der Waals surface area contributed by atoms with E-state index >= 15 is 0 Å². The van der Waals surface area contributed by atoms with Crippen LogP contribution in [-0.2, 0) is 0 Å². The van der Waals surface area contributed by atoms with E-state index in [1.54, 1.807) is 4.90 Å². The molecule has 0 saturated heterocycles. The number of carbonyl (C=O) groups is 1. The molecule has 3 aromatic rings. The molecule has 31 heavy (non-hydrogen) atoms. The van der Waals surface area contributed by atoms with Crippen molar-refractivity contribution in [2.24, 2.45) is 0 Å². The molecular weight excluding hydrogens is 430 g/mol. The number of hydrogen-bond donors (Lipinski definition) is 0. The quantitative estimate of drug-likeness (QED) is 0.347. The SMILES string of the molecule is CCCCCOc1cccc(C(=O)N(CCN(C)C)c2nc3c(C)cc(Cl)cc3s2)c1. The summed E-state index contributed by atoms with van der Waals surface area (Å²) in [4.78, 5) is 22.1. The number of amides is 1. The number of unbranched alkanes of at least 4 members (excludes halogenated alkanes) is 2. The summed E-state index contributed by atoms with van der Waals surface area (Å²) >= 11 is 7.72. The standard InChI is InChI=1S/C24H30ClN3O2S/c1-5-6-7-13-30-20-10-8-9-18(15-20)23(29)28(12-11-27(3)4)24-26-22-17(2)14-19(25)16-21(22)31-24/h8-10,14-16H,5-7,11-13H2,1-4H3. The van der Waals surface area contributed by atoms with E-state index in [9.17, 15) is 4.79 Å². The minimum atomic E-state index is -0.0799. The van der Waals surface area contributed by atoms with Crippen LogP contribution in [0.5, 0.6) is 5.75 Å². The third-order valence-electron chi connectivity index (χ3n) is 4.98. The Morgan fingerprint density at radius 2 is 1.97 bits per heavy atom. The molecule has 0 aliphatic carbocycles. The highest BCUT2D eigenvalue weighted by Crippen LogP contribution is 2.33. The molecule has 0 atom stereocenters. The molecule has 0 fully saturated rings. The van der Waals surface area contributed by atoms with Gasteiger partial charge in [-0.25, -0.2) is 4.98 Å². The Bertz CT molecular complexity index is 1030. The lowest BCUT2D eigenvalue weighted by Gasteiger charge is -2.22. The lowest BCUT2D eigenvalue weighted by atomic mass is 10.2. The van der Waals surface area contributed by atoms with Crippen LogP contribution in [0, 0.1) is 6.92 Å². The van der Waals surface area contributed by atoms with Crippen molar-refractivity contribution >= 4 is 44.2 Å². The number of nitrogens with zero attached hydrogens (tertiary/aromatic N) is 3. The van der Waals surface area contributed by atoms with Crippen LogP contribution < -0.4 is 9.64 Å².